The summed E-state index contributed by atoms with van der Waals surface area (Å²) in [6, 6.07) is 0. The van der Waals surface area contributed by atoms with Crippen LogP contribution in [-0.4, -0.2) is 37.2 Å². The van der Waals surface area contributed by atoms with Crippen molar-refractivity contribution in [2.24, 2.45) is 0 Å². The average Bonchev–Trinajstić information content (AvgIpc) is 2.98. The van der Waals surface area contributed by atoms with E-state index in [1.165, 1.54) is 17.1 Å². The molecule has 0 unspecified atom stereocenters. The summed E-state index contributed by atoms with van der Waals surface area (Å²) in [5, 5.41) is 18.2. The Kier molecular flexibility index (Phi) is 3.28. The Bertz CT molecular complexity index is 592. The second-order valence-electron chi connectivity index (χ2n) is 3.01. The number of rotatable bonds is 4. The fourth-order valence-electron chi connectivity index (χ4n) is 1.11. The van der Waals surface area contributed by atoms with Crippen LogP contribution in [-0.2, 0) is 4.74 Å². The van der Waals surface area contributed by atoms with Crippen molar-refractivity contribution in [3.05, 3.63) is 27.6 Å². The lowest BCUT2D eigenvalue weighted by atomic mass is 10.7. The maximum absolute atomic E-state index is 11.4. The van der Waals surface area contributed by atoms with Crippen molar-refractivity contribution in [2.75, 3.05) is 6.61 Å². The number of nitrogens with zero attached hydrogens (tertiary/aromatic N) is 5. The maximum atomic E-state index is 11.4. The summed E-state index contributed by atoms with van der Waals surface area (Å²) < 4.78 is 6.07. The Morgan fingerprint density at radius 2 is 2.39 bits per heavy atom. The topological polar surface area (TPSA) is 113 Å². The zero-order chi connectivity index (χ0) is 13.1. The number of carbonyl (C=O) groups excluding carboxylic acids is 1. The molecule has 0 saturated heterocycles. The molecular formula is C8H7N5O4S. The molecule has 2 aromatic heterocycles. The first kappa shape index (κ1) is 12.1. The quantitative estimate of drug-likeness (QED) is 0.458. The molecule has 0 fully saturated rings. The van der Waals surface area contributed by atoms with Crippen LogP contribution in [0.2, 0.25) is 0 Å². The van der Waals surface area contributed by atoms with E-state index in [9.17, 15) is 14.9 Å². The van der Waals surface area contributed by atoms with Gasteiger partial charge in [-0.2, -0.15) is 0 Å². The molecule has 94 valence electrons. The molecule has 0 atom stereocenters. The third-order valence-corrected chi connectivity index (χ3v) is 2.76. The summed E-state index contributed by atoms with van der Waals surface area (Å²) in [5.41, 5.74) is 0. The second kappa shape index (κ2) is 4.87. The normalized spacial score (nSPS) is 10.3. The standard InChI is InChI=1S/C8H7N5O4S/c1-2-17-7(14)6-10-11-8(18-6)12-3-5(9-4-12)13(15)16/h3-4H,2H2,1H3. The fraction of sp³-hybridized carbons (Fsp3) is 0.250. The van der Waals surface area contributed by atoms with Gasteiger partial charge in [0.05, 0.1) is 6.61 Å². The van der Waals surface area contributed by atoms with Crippen molar-refractivity contribution in [3.63, 3.8) is 0 Å². The van der Waals surface area contributed by atoms with Gasteiger partial charge in [0.1, 0.15) is 6.20 Å². The van der Waals surface area contributed by atoms with Gasteiger partial charge in [-0.15, -0.1) is 10.2 Å². The van der Waals surface area contributed by atoms with Gasteiger partial charge in [-0.3, -0.25) is 4.57 Å². The first-order valence-corrected chi connectivity index (χ1v) is 5.63. The minimum atomic E-state index is -0.621. The highest BCUT2D eigenvalue weighted by Crippen LogP contribution is 2.17. The van der Waals surface area contributed by atoms with E-state index in [0.717, 1.165) is 11.3 Å². The van der Waals surface area contributed by atoms with Gasteiger partial charge in [0.25, 0.3) is 0 Å². The molecule has 0 aromatic carbocycles. The Hall–Kier alpha value is -2.36. The lowest BCUT2D eigenvalue weighted by Crippen LogP contribution is -2.03. The molecule has 0 bridgehead atoms. The van der Waals surface area contributed by atoms with E-state index >= 15 is 0 Å². The minimum absolute atomic E-state index is 0.0863. The Labute approximate surface area is 104 Å². The highest BCUT2D eigenvalue weighted by molar-refractivity contribution is 7.15. The number of ether oxygens (including phenoxy) is 1. The number of imidazole rings is 1. The Balaban J connectivity index is 2.23. The first-order valence-electron chi connectivity index (χ1n) is 4.81. The number of hydrogen-bond acceptors (Lipinski definition) is 8. The van der Waals surface area contributed by atoms with Crippen molar-refractivity contribution in [1.29, 1.82) is 0 Å². The van der Waals surface area contributed by atoms with Crippen molar-refractivity contribution in [1.82, 2.24) is 19.7 Å². The van der Waals surface area contributed by atoms with Crippen LogP contribution in [0.4, 0.5) is 5.82 Å². The smallest absolute Gasteiger partial charge is 0.381 e. The van der Waals surface area contributed by atoms with Crippen LogP contribution in [0.5, 0.6) is 0 Å². The molecule has 0 aliphatic heterocycles. The Morgan fingerprint density at radius 3 is 3.00 bits per heavy atom. The van der Waals surface area contributed by atoms with Crippen molar-refractivity contribution in [3.8, 4) is 5.13 Å². The Morgan fingerprint density at radius 1 is 1.61 bits per heavy atom. The summed E-state index contributed by atoms with van der Waals surface area (Å²) in [5.74, 6) is -0.876. The predicted octanol–water partition coefficient (Wildman–Crippen LogP) is 0.809. The average molecular weight is 269 g/mol. The van der Waals surface area contributed by atoms with Gasteiger partial charge in [0.2, 0.25) is 16.5 Å². The molecular weight excluding hydrogens is 262 g/mol. The molecule has 18 heavy (non-hydrogen) atoms. The summed E-state index contributed by atoms with van der Waals surface area (Å²) in [6.45, 7) is 1.92. The molecule has 9 nitrogen and oxygen atoms in total. The first-order chi connectivity index (χ1) is 8.61. The zero-order valence-electron chi connectivity index (χ0n) is 9.14. The van der Waals surface area contributed by atoms with E-state index in [0.29, 0.717) is 5.13 Å². The van der Waals surface area contributed by atoms with Crippen molar-refractivity contribution in [2.45, 2.75) is 6.92 Å². The van der Waals surface area contributed by atoms with Gasteiger partial charge in [0, 0.05) is 0 Å². The molecule has 2 aromatic rings. The summed E-state index contributed by atoms with van der Waals surface area (Å²) >= 11 is 0.963. The number of nitro groups is 1. The van der Waals surface area contributed by atoms with Gasteiger partial charge in [-0.05, 0) is 16.8 Å². The third kappa shape index (κ3) is 2.32. The number of hydrogen-bond donors (Lipinski definition) is 0. The third-order valence-electron chi connectivity index (χ3n) is 1.84. The predicted molar refractivity (Wildman–Crippen MR) is 59.6 cm³/mol. The van der Waals surface area contributed by atoms with Crippen LogP contribution in [0.1, 0.15) is 16.7 Å². The van der Waals surface area contributed by atoms with E-state index in [-0.39, 0.29) is 17.4 Å². The summed E-state index contributed by atoms with van der Waals surface area (Å²) in [7, 11) is 0. The highest BCUT2D eigenvalue weighted by Gasteiger charge is 2.17. The van der Waals surface area contributed by atoms with Crippen LogP contribution in [0.15, 0.2) is 12.5 Å². The molecule has 0 spiro atoms. The van der Waals surface area contributed by atoms with Gasteiger partial charge in [-0.1, -0.05) is 11.3 Å². The fourth-order valence-corrected chi connectivity index (χ4v) is 1.79. The molecule has 10 heteroatoms. The van der Waals surface area contributed by atoms with Crippen molar-refractivity contribution >= 4 is 23.1 Å². The monoisotopic (exact) mass is 269 g/mol. The maximum Gasteiger partial charge on any atom is 0.381 e. The van der Waals surface area contributed by atoms with Gasteiger partial charge in [-0.25, -0.2) is 4.79 Å². The van der Waals surface area contributed by atoms with Crippen LogP contribution in [0.3, 0.4) is 0 Å². The molecule has 0 amide bonds. The number of carbonyl (C=O) groups is 1. The number of aromatic nitrogens is 4. The van der Waals surface area contributed by atoms with Gasteiger partial charge < -0.3 is 14.9 Å². The minimum Gasteiger partial charge on any atom is -0.461 e. The van der Waals surface area contributed by atoms with E-state index in [1.807, 2.05) is 0 Å². The van der Waals surface area contributed by atoms with Crippen LogP contribution >= 0.6 is 11.3 Å². The largest absolute Gasteiger partial charge is 0.461 e. The van der Waals surface area contributed by atoms with Crippen LogP contribution in [0, 0.1) is 10.1 Å². The molecule has 0 N–H and O–H groups in total. The second-order valence-corrected chi connectivity index (χ2v) is 3.96. The molecule has 0 aliphatic rings. The molecule has 0 radical (unpaired) electrons. The molecule has 2 rings (SSSR count). The van der Waals surface area contributed by atoms with Crippen LogP contribution in [0.25, 0.3) is 5.13 Å². The SMILES string of the molecule is CCOC(=O)c1nnc(-n2cnc([N+](=O)[O-])c2)s1. The highest BCUT2D eigenvalue weighted by atomic mass is 32.1. The van der Waals surface area contributed by atoms with E-state index in [1.54, 1.807) is 6.92 Å². The van der Waals surface area contributed by atoms with E-state index < -0.39 is 10.9 Å². The van der Waals surface area contributed by atoms with E-state index in [4.69, 9.17) is 4.74 Å². The summed E-state index contributed by atoms with van der Waals surface area (Å²) in [6.07, 6.45) is 2.42. The lowest BCUT2D eigenvalue weighted by molar-refractivity contribution is -0.389. The van der Waals surface area contributed by atoms with Gasteiger partial charge in [0.15, 0.2) is 0 Å². The van der Waals surface area contributed by atoms with Gasteiger partial charge >= 0.3 is 11.8 Å². The molecule has 2 heterocycles. The van der Waals surface area contributed by atoms with Crippen molar-refractivity contribution < 1.29 is 14.5 Å². The van der Waals surface area contributed by atoms with E-state index in [2.05, 4.69) is 15.2 Å². The van der Waals surface area contributed by atoms with Crippen LogP contribution < -0.4 is 0 Å². The molecule has 0 saturated carbocycles. The lowest BCUT2D eigenvalue weighted by Gasteiger charge is -1.94. The number of esters is 1. The molecule has 0 aliphatic carbocycles. The zero-order valence-corrected chi connectivity index (χ0v) is 9.96. The summed E-state index contributed by atoms with van der Waals surface area (Å²) in [4.78, 5) is 24.8.